The van der Waals surface area contributed by atoms with Crippen molar-refractivity contribution >= 4 is 5.97 Å². The van der Waals surface area contributed by atoms with Crippen LogP contribution in [0, 0.1) is 0 Å². The molecule has 1 aliphatic rings. The summed E-state index contributed by atoms with van der Waals surface area (Å²) in [6.45, 7) is 2.05. The smallest absolute Gasteiger partial charge is 0.330 e. The van der Waals surface area contributed by atoms with Gasteiger partial charge in [-0.2, -0.15) is 0 Å². The highest BCUT2D eigenvalue weighted by atomic mass is 16.6. The summed E-state index contributed by atoms with van der Waals surface area (Å²) in [6.07, 6.45) is 4.59. The third kappa shape index (κ3) is 2.35. The van der Waals surface area contributed by atoms with Crippen molar-refractivity contribution in [1.29, 1.82) is 0 Å². The highest BCUT2D eigenvalue weighted by molar-refractivity contribution is 5.81. The van der Waals surface area contributed by atoms with Crippen LogP contribution in [-0.2, 0) is 14.3 Å². The average Bonchev–Trinajstić information content (AvgIpc) is 2.78. The van der Waals surface area contributed by atoms with Gasteiger partial charge in [0, 0.05) is 6.08 Å². The molecule has 11 heavy (non-hydrogen) atoms. The minimum atomic E-state index is -0.324. The second-order valence-corrected chi connectivity index (χ2v) is 2.43. The number of hydrogen-bond acceptors (Lipinski definition) is 3. The lowest BCUT2D eigenvalue weighted by atomic mass is 10.2. The van der Waals surface area contributed by atoms with E-state index in [0.717, 1.165) is 6.42 Å². The van der Waals surface area contributed by atoms with Crippen molar-refractivity contribution in [2.75, 3.05) is 7.11 Å². The first kappa shape index (κ1) is 8.27. The van der Waals surface area contributed by atoms with Crippen LogP contribution in [0.4, 0.5) is 0 Å². The maximum atomic E-state index is 10.6. The minimum Gasteiger partial charge on any atom is -0.466 e. The van der Waals surface area contributed by atoms with E-state index in [0.29, 0.717) is 6.10 Å². The molecule has 1 rings (SSSR count). The normalized spacial score (nSPS) is 28.9. The molecule has 3 heteroatoms. The molecule has 0 bridgehead atoms. The number of carbonyl (C=O) groups is 1. The Balaban J connectivity index is 2.22. The third-order valence-corrected chi connectivity index (χ3v) is 1.65. The lowest BCUT2D eigenvalue weighted by Gasteiger charge is -1.86. The topological polar surface area (TPSA) is 38.8 Å². The van der Waals surface area contributed by atoms with Crippen LogP contribution < -0.4 is 0 Å². The van der Waals surface area contributed by atoms with Gasteiger partial charge in [0.25, 0.3) is 0 Å². The van der Waals surface area contributed by atoms with Crippen LogP contribution in [0.3, 0.4) is 0 Å². The fourth-order valence-electron chi connectivity index (χ4n) is 0.896. The van der Waals surface area contributed by atoms with Gasteiger partial charge in [0.05, 0.1) is 13.2 Å². The lowest BCUT2D eigenvalue weighted by molar-refractivity contribution is -0.134. The molecule has 1 saturated heterocycles. The van der Waals surface area contributed by atoms with Crippen molar-refractivity contribution in [2.24, 2.45) is 0 Å². The molecular formula is C8H12O3. The predicted octanol–water partition coefficient (Wildman–Crippen LogP) is 0.893. The Labute approximate surface area is 66.0 Å². The molecule has 0 saturated carbocycles. The fourth-order valence-corrected chi connectivity index (χ4v) is 0.896. The van der Waals surface area contributed by atoms with Crippen molar-refractivity contribution < 1.29 is 14.3 Å². The van der Waals surface area contributed by atoms with E-state index < -0.39 is 0 Å². The predicted molar refractivity (Wildman–Crippen MR) is 40.1 cm³/mol. The van der Waals surface area contributed by atoms with Crippen LogP contribution in [0.25, 0.3) is 0 Å². The molecule has 1 aliphatic heterocycles. The zero-order valence-corrected chi connectivity index (χ0v) is 6.74. The average molecular weight is 156 g/mol. The minimum absolute atomic E-state index is 0.138. The Hall–Kier alpha value is -0.830. The van der Waals surface area contributed by atoms with E-state index >= 15 is 0 Å². The number of ether oxygens (including phenoxy) is 2. The highest BCUT2D eigenvalue weighted by Gasteiger charge is 2.34. The monoisotopic (exact) mass is 156 g/mol. The number of rotatable bonds is 3. The summed E-state index contributed by atoms with van der Waals surface area (Å²) >= 11 is 0. The molecule has 0 aliphatic carbocycles. The van der Waals surface area contributed by atoms with Crippen LogP contribution in [-0.4, -0.2) is 25.3 Å². The Morgan fingerprint density at radius 1 is 1.73 bits per heavy atom. The SMILES string of the molecule is CC[C@H]1O[C@@H]1/C=C/C(=O)OC. The Kier molecular flexibility index (Phi) is 2.65. The maximum Gasteiger partial charge on any atom is 0.330 e. The number of methoxy groups -OCH3 is 1. The largest absolute Gasteiger partial charge is 0.466 e. The summed E-state index contributed by atoms with van der Waals surface area (Å²) in [5.74, 6) is -0.324. The Morgan fingerprint density at radius 3 is 2.91 bits per heavy atom. The van der Waals surface area contributed by atoms with E-state index in [1.165, 1.54) is 13.2 Å². The zero-order chi connectivity index (χ0) is 8.27. The van der Waals surface area contributed by atoms with E-state index in [1.807, 2.05) is 0 Å². The van der Waals surface area contributed by atoms with Crippen LogP contribution in [0.5, 0.6) is 0 Å². The van der Waals surface area contributed by atoms with E-state index in [-0.39, 0.29) is 12.1 Å². The summed E-state index contributed by atoms with van der Waals surface area (Å²) in [7, 11) is 1.36. The quantitative estimate of drug-likeness (QED) is 0.346. The summed E-state index contributed by atoms with van der Waals surface area (Å²) in [5.41, 5.74) is 0. The Bertz CT molecular complexity index is 174. The van der Waals surface area contributed by atoms with Gasteiger partial charge in [-0.3, -0.25) is 0 Å². The van der Waals surface area contributed by atoms with E-state index in [4.69, 9.17) is 4.74 Å². The molecule has 0 aromatic heterocycles. The van der Waals surface area contributed by atoms with Crippen LogP contribution in [0.15, 0.2) is 12.2 Å². The first-order valence-corrected chi connectivity index (χ1v) is 3.69. The van der Waals surface area contributed by atoms with Gasteiger partial charge < -0.3 is 9.47 Å². The number of epoxide rings is 1. The summed E-state index contributed by atoms with van der Waals surface area (Å²) in [5, 5.41) is 0. The first-order chi connectivity index (χ1) is 5.27. The summed E-state index contributed by atoms with van der Waals surface area (Å²) in [6, 6.07) is 0. The second kappa shape index (κ2) is 3.53. The van der Waals surface area contributed by atoms with Crippen molar-refractivity contribution in [3.8, 4) is 0 Å². The van der Waals surface area contributed by atoms with Gasteiger partial charge >= 0.3 is 5.97 Å². The molecule has 1 heterocycles. The van der Waals surface area contributed by atoms with Crippen molar-refractivity contribution in [1.82, 2.24) is 0 Å². The van der Waals surface area contributed by atoms with Gasteiger partial charge in [0.1, 0.15) is 6.10 Å². The van der Waals surface area contributed by atoms with Crippen LogP contribution in [0.1, 0.15) is 13.3 Å². The van der Waals surface area contributed by atoms with Gasteiger partial charge in [-0.25, -0.2) is 4.79 Å². The molecule has 0 aromatic rings. The van der Waals surface area contributed by atoms with Gasteiger partial charge in [-0.1, -0.05) is 6.92 Å². The lowest BCUT2D eigenvalue weighted by Crippen LogP contribution is -1.95. The molecule has 0 unspecified atom stereocenters. The molecule has 0 aromatic carbocycles. The van der Waals surface area contributed by atoms with Crippen LogP contribution >= 0.6 is 0 Å². The summed E-state index contributed by atoms with van der Waals surface area (Å²) in [4.78, 5) is 10.6. The van der Waals surface area contributed by atoms with Crippen molar-refractivity contribution in [2.45, 2.75) is 25.6 Å². The van der Waals surface area contributed by atoms with Crippen LogP contribution in [0.2, 0.25) is 0 Å². The van der Waals surface area contributed by atoms with E-state index in [9.17, 15) is 4.79 Å². The molecule has 0 radical (unpaired) electrons. The fraction of sp³-hybridized carbons (Fsp3) is 0.625. The van der Waals surface area contributed by atoms with E-state index in [2.05, 4.69) is 11.7 Å². The highest BCUT2D eigenvalue weighted by Crippen LogP contribution is 2.25. The third-order valence-electron chi connectivity index (χ3n) is 1.65. The standard InChI is InChI=1S/C8H12O3/c1-3-6-7(11-6)4-5-8(9)10-2/h4-7H,3H2,1-2H3/b5-4+/t6-,7-/m1/s1. The van der Waals surface area contributed by atoms with Crippen molar-refractivity contribution in [3.63, 3.8) is 0 Å². The molecule has 3 nitrogen and oxygen atoms in total. The van der Waals surface area contributed by atoms with Gasteiger partial charge in [-0.15, -0.1) is 0 Å². The molecule has 1 fully saturated rings. The molecule has 2 atom stereocenters. The van der Waals surface area contributed by atoms with E-state index in [1.54, 1.807) is 6.08 Å². The Morgan fingerprint density at radius 2 is 2.45 bits per heavy atom. The summed E-state index contributed by atoms with van der Waals surface area (Å²) < 4.78 is 9.58. The molecule has 0 amide bonds. The van der Waals surface area contributed by atoms with Gasteiger partial charge in [0.2, 0.25) is 0 Å². The van der Waals surface area contributed by atoms with Crippen molar-refractivity contribution in [3.05, 3.63) is 12.2 Å². The zero-order valence-electron chi connectivity index (χ0n) is 6.74. The molecular weight excluding hydrogens is 144 g/mol. The number of esters is 1. The van der Waals surface area contributed by atoms with Gasteiger partial charge in [0.15, 0.2) is 0 Å². The first-order valence-electron chi connectivity index (χ1n) is 3.69. The molecule has 0 spiro atoms. The molecule has 0 N–H and O–H groups in total. The maximum absolute atomic E-state index is 10.6. The van der Waals surface area contributed by atoms with Gasteiger partial charge in [-0.05, 0) is 12.5 Å². The number of hydrogen-bond donors (Lipinski definition) is 0. The second-order valence-electron chi connectivity index (χ2n) is 2.43. The molecule has 62 valence electrons. The number of carbonyl (C=O) groups excluding carboxylic acids is 1.